The van der Waals surface area contributed by atoms with E-state index in [-0.39, 0.29) is 0 Å². The van der Waals surface area contributed by atoms with E-state index >= 15 is 0 Å². The second kappa shape index (κ2) is 16.5. The molecule has 1 rings (SSSR count). The largest absolute Gasteiger partial charge is 0.399 e. The second-order valence-electron chi connectivity index (χ2n) is 4.79. The van der Waals surface area contributed by atoms with E-state index in [1.165, 1.54) is 11.1 Å². The molecule has 0 atom stereocenters. The lowest BCUT2D eigenvalue weighted by Crippen LogP contribution is -1.93. The van der Waals surface area contributed by atoms with Gasteiger partial charge >= 0.3 is 0 Å². The van der Waals surface area contributed by atoms with Gasteiger partial charge in [0.2, 0.25) is 0 Å². The predicted molar refractivity (Wildman–Crippen MR) is 106 cm³/mol. The molecule has 0 heterocycles. The number of allylic oxidation sites excluding steroid dienone is 5. The van der Waals surface area contributed by atoms with Crippen LogP contribution < -0.4 is 5.73 Å². The van der Waals surface area contributed by atoms with E-state index in [9.17, 15) is 0 Å². The number of hydrogen-bond donors (Lipinski definition) is 1. The first-order chi connectivity index (χ1) is 10.9. The monoisotopic (exact) mass is 331 g/mol. The quantitative estimate of drug-likeness (QED) is 0.514. The number of halogens is 1. The summed E-state index contributed by atoms with van der Waals surface area (Å²) in [7, 11) is 0. The van der Waals surface area contributed by atoms with Gasteiger partial charge in [0.05, 0.1) is 0 Å². The average molecular weight is 332 g/mol. The Morgan fingerprint density at radius 2 is 1.74 bits per heavy atom. The van der Waals surface area contributed by atoms with Gasteiger partial charge in [0.25, 0.3) is 0 Å². The summed E-state index contributed by atoms with van der Waals surface area (Å²) in [6, 6.07) is 10.5. The number of rotatable bonds is 4. The molecule has 2 N–H and O–H groups in total. The van der Waals surface area contributed by atoms with Gasteiger partial charge in [-0.1, -0.05) is 67.4 Å². The van der Waals surface area contributed by atoms with Crippen molar-refractivity contribution in [2.24, 2.45) is 5.73 Å². The molecule has 0 aliphatic rings. The minimum absolute atomic E-state index is 0.674. The van der Waals surface area contributed by atoms with Crippen molar-refractivity contribution in [1.29, 1.82) is 0 Å². The number of benzene rings is 1. The molecule has 1 nitrogen and oxygen atoms in total. The van der Waals surface area contributed by atoms with Gasteiger partial charge in [-0.05, 0) is 51.3 Å². The predicted octanol–water partition coefficient (Wildman–Crippen LogP) is 6.22. The van der Waals surface area contributed by atoms with Crippen LogP contribution in [0.4, 0.5) is 0 Å². The van der Waals surface area contributed by atoms with Gasteiger partial charge < -0.3 is 5.73 Å². The zero-order valence-electron chi connectivity index (χ0n) is 15.1. The maximum atomic E-state index is 5.76. The summed E-state index contributed by atoms with van der Waals surface area (Å²) in [5, 5.41) is 0.674. The Morgan fingerprint density at radius 3 is 2.09 bits per heavy atom. The van der Waals surface area contributed by atoms with Crippen LogP contribution in [0.1, 0.15) is 46.6 Å². The van der Waals surface area contributed by atoms with Crippen LogP contribution in [0.25, 0.3) is 0 Å². The molecule has 126 valence electrons. The van der Waals surface area contributed by atoms with Crippen molar-refractivity contribution < 1.29 is 0 Å². The first kappa shape index (κ1) is 23.4. The Morgan fingerprint density at radius 1 is 1.22 bits per heavy atom. The zero-order chi connectivity index (χ0) is 18.1. The highest BCUT2D eigenvalue weighted by atomic mass is 35.5. The van der Waals surface area contributed by atoms with Gasteiger partial charge in [0.15, 0.2) is 0 Å². The van der Waals surface area contributed by atoms with Crippen LogP contribution in [-0.4, -0.2) is 0 Å². The molecule has 0 spiro atoms. The van der Waals surface area contributed by atoms with Gasteiger partial charge in [-0.25, -0.2) is 0 Å². The van der Waals surface area contributed by atoms with Crippen molar-refractivity contribution in [1.82, 2.24) is 0 Å². The molecule has 0 unspecified atom stereocenters. The smallest absolute Gasteiger partial charge is 0.0383 e. The number of terminal acetylenes is 1. The Balaban J connectivity index is 0. The molecule has 0 aliphatic heterocycles. The minimum atomic E-state index is 0.674. The van der Waals surface area contributed by atoms with E-state index in [0.717, 1.165) is 12.8 Å². The van der Waals surface area contributed by atoms with Gasteiger partial charge in [-0.2, -0.15) is 0 Å². The molecule has 0 aromatic heterocycles. The van der Waals surface area contributed by atoms with Crippen LogP contribution in [0, 0.1) is 12.3 Å². The molecule has 0 amide bonds. The summed E-state index contributed by atoms with van der Waals surface area (Å²) in [5.41, 5.74) is 9.06. The van der Waals surface area contributed by atoms with Crippen LogP contribution in [-0.2, 0) is 6.42 Å². The highest BCUT2D eigenvalue weighted by molar-refractivity contribution is 6.31. The number of aryl methyl sites for hydroxylation is 1. The van der Waals surface area contributed by atoms with Crippen molar-refractivity contribution in [3.63, 3.8) is 0 Å². The lowest BCUT2D eigenvalue weighted by atomic mass is 10.2. The number of hydrogen-bond acceptors (Lipinski definition) is 1. The summed E-state index contributed by atoms with van der Waals surface area (Å²) in [4.78, 5) is 0. The van der Waals surface area contributed by atoms with E-state index in [1.807, 2.05) is 32.1 Å². The summed E-state index contributed by atoms with van der Waals surface area (Å²) in [5.74, 6) is 2.25. The van der Waals surface area contributed by atoms with Crippen molar-refractivity contribution in [2.45, 2.75) is 47.5 Å². The highest BCUT2D eigenvalue weighted by Crippen LogP contribution is 2.07. The molecule has 0 aliphatic carbocycles. The summed E-state index contributed by atoms with van der Waals surface area (Å²) in [6.07, 6.45) is 12.2. The molecule has 23 heavy (non-hydrogen) atoms. The van der Waals surface area contributed by atoms with E-state index in [0.29, 0.717) is 10.7 Å². The van der Waals surface area contributed by atoms with Crippen LogP contribution in [0.15, 0.2) is 64.9 Å². The minimum Gasteiger partial charge on any atom is -0.399 e. The van der Waals surface area contributed by atoms with Crippen LogP contribution in [0.3, 0.4) is 0 Å². The average Bonchev–Trinajstić information content (AvgIpc) is 2.56. The fourth-order valence-electron chi connectivity index (χ4n) is 1.38. The molecule has 0 bridgehead atoms. The van der Waals surface area contributed by atoms with E-state index in [2.05, 4.69) is 50.5 Å². The zero-order valence-corrected chi connectivity index (χ0v) is 15.8. The molecule has 0 saturated heterocycles. The Hall–Kier alpha value is -1.91. The Kier molecular flexibility index (Phi) is 16.7. The highest BCUT2D eigenvalue weighted by Gasteiger charge is 1.88. The lowest BCUT2D eigenvalue weighted by Gasteiger charge is -1.96. The third-order valence-corrected chi connectivity index (χ3v) is 3.13. The summed E-state index contributed by atoms with van der Waals surface area (Å²) >= 11 is 5.76. The molecule has 0 saturated carbocycles. The van der Waals surface area contributed by atoms with E-state index in [4.69, 9.17) is 17.3 Å². The molecule has 2 heteroatoms. The lowest BCUT2D eigenvalue weighted by molar-refractivity contribution is 1.09. The molecule has 1 aromatic carbocycles. The maximum absolute atomic E-state index is 5.76. The topological polar surface area (TPSA) is 26.0 Å². The first-order valence-electron chi connectivity index (χ1n) is 7.82. The Labute approximate surface area is 147 Å². The number of nitrogens with two attached hydrogens (primary N) is 1. The van der Waals surface area contributed by atoms with Gasteiger partial charge in [0.1, 0.15) is 0 Å². The third kappa shape index (κ3) is 16.3. The van der Waals surface area contributed by atoms with Crippen molar-refractivity contribution >= 4 is 11.6 Å². The fourth-order valence-corrected chi connectivity index (χ4v) is 1.51. The normalized spacial score (nSPS) is 11.4. The molecule has 0 radical (unpaired) electrons. The molecule has 1 aromatic rings. The SMILES string of the molecule is C#CC.CCc1ccccc1.C\C=C(Cl)/C=C(N)\C=C(/C)CC. The fraction of sp³-hybridized carbons (Fsp3) is 0.333. The standard InChI is InChI=1S/C10H16ClN.C8H10.C3H4/c1-4-8(3)6-10(12)7-9(11)5-2;1-2-8-6-4-3-5-7-8;1-3-2/h5-7H,4,12H2,1-3H3;3-7H,2H2,1H3;1H,2H3/b8-6+,9-5+,10-7+;;. The molecular formula is C21H30ClN. The summed E-state index contributed by atoms with van der Waals surface area (Å²) < 4.78 is 0. The van der Waals surface area contributed by atoms with Crippen molar-refractivity contribution in [3.8, 4) is 12.3 Å². The van der Waals surface area contributed by atoms with Crippen molar-refractivity contribution in [2.75, 3.05) is 0 Å². The third-order valence-electron chi connectivity index (χ3n) is 2.80. The van der Waals surface area contributed by atoms with E-state index in [1.54, 1.807) is 13.0 Å². The molecular weight excluding hydrogens is 302 g/mol. The summed E-state index contributed by atoms with van der Waals surface area (Å²) in [6.45, 7) is 9.83. The van der Waals surface area contributed by atoms with E-state index < -0.39 is 0 Å². The van der Waals surface area contributed by atoms with Crippen LogP contribution >= 0.6 is 11.6 Å². The van der Waals surface area contributed by atoms with Crippen LogP contribution in [0.2, 0.25) is 0 Å². The van der Waals surface area contributed by atoms with Gasteiger partial charge in [-0.15, -0.1) is 12.3 Å². The van der Waals surface area contributed by atoms with Gasteiger partial charge in [0, 0.05) is 10.7 Å². The first-order valence-corrected chi connectivity index (χ1v) is 8.20. The molecule has 0 fully saturated rings. The second-order valence-corrected chi connectivity index (χ2v) is 5.23. The maximum Gasteiger partial charge on any atom is 0.0383 e. The van der Waals surface area contributed by atoms with Crippen LogP contribution in [0.5, 0.6) is 0 Å². The van der Waals surface area contributed by atoms with Crippen molar-refractivity contribution in [3.05, 3.63) is 70.4 Å². The van der Waals surface area contributed by atoms with Gasteiger partial charge in [-0.3, -0.25) is 0 Å². The Bertz CT molecular complexity index is 531.